The number of hydrogen-bond acceptors (Lipinski definition) is 6. The van der Waals surface area contributed by atoms with Crippen LogP contribution in [0.1, 0.15) is 110 Å². The molecular weight excluding hydrogens is 512 g/mol. The van der Waals surface area contributed by atoms with E-state index in [0.29, 0.717) is 17.3 Å². The van der Waals surface area contributed by atoms with E-state index in [4.69, 9.17) is 9.72 Å². The molecule has 8 nitrogen and oxygen atoms in total. The van der Waals surface area contributed by atoms with E-state index in [-0.39, 0.29) is 37.6 Å². The van der Waals surface area contributed by atoms with Crippen LogP contribution in [0.5, 0.6) is 0 Å². The summed E-state index contributed by atoms with van der Waals surface area (Å²) in [5.74, 6) is -2.52. The van der Waals surface area contributed by atoms with E-state index in [0.717, 1.165) is 24.8 Å². The second-order valence-electron chi connectivity index (χ2n) is 12.7. The Morgan fingerprint density at radius 2 is 1.76 bits per heavy atom. The molecule has 2 saturated carbocycles. The Morgan fingerprint density at radius 1 is 1.13 bits per heavy atom. The van der Waals surface area contributed by atoms with Crippen molar-refractivity contribution in [3.05, 3.63) is 29.7 Å². The molecule has 1 unspecified atom stereocenters. The SMILES string of the molecule is CC(C)(C)OC(=O)N[C@H](c1cn2ncc([C@H](N[S+]([O-])C(C)(C)C)C3CCC3)cc2n1)C1CCC(F)(F)CC1. The van der Waals surface area contributed by atoms with Gasteiger partial charge in [-0.05, 0) is 90.7 Å². The number of hydrogen-bond donors (Lipinski definition) is 2. The Hall–Kier alpha value is -1.98. The van der Waals surface area contributed by atoms with Gasteiger partial charge < -0.3 is 14.6 Å². The molecule has 2 fully saturated rings. The summed E-state index contributed by atoms with van der Waals surface area (Å²) in [5.41, 5.74) is 1.36. The number of imidazole rings is 1. The van der Waals surface area contributed by atoms with E-state index in [2.05, 4.69) is 15.1 Å². The van der Waals surface area contributed by atoms with Gasteiger partial charge in [-0.15, -0.1) is 4.72 Å². The number of carbonyl (C=O) groups is 1. The molecule has 38 heavy (non-hydrogen) atoms. The molecule has 4 rings (SSSR count). The van der Waals surface area contributed by atoms with E-state index in [1.165, 1.54) is 0 Å². The van der Waals surface area contributed by atoms with Gasteiger partial charge in [0, 0.05) is 24.2 Å². The van der Waals surface area contributed by atoms with Crippen LogP contribution in [0, 0.1) is 11.8 Å². The molecule has 0 aliphatic heterocycles. The number of ether oxygens (including phenoxy) is 1. The minimum absolute atomic E-state index is 0.113. The molecule has 2 aliphatic rings. The van der Waals surface area contributed by atoms with Crippen molar-refractivity contribution >= 4 is 23.1 Å². The van der Waals surface area contributed by atoms with E-state index in [1.807, 2.05) is 26.8 Å². The lowest BCUT2D eigenvalue weighted by Gasteiger charge is -2.36. The van der Waals surface area contributed by atoms with E-state index in [9.17, 15) is 18.1 Å². The predicted octanol–water partition coefficient (Wildman–Crippen LogP) is 6.01. The molecule has 1 amide bonds. The summed E-state index contributed by atoms with van der Waals surface area (Å²) in [6, 6.07) is 1.24. The number of fused-ring (bicyclic) bond motifs is 1. The van der Waals surface area contributed by atoms with E-state index >= 15 is 0 Å². The molecule has 0 aromatic carbocycles. The molecule has 3 atom stereocenters. The van der Waals surface area contributed by atoms with Gasteiger partial charge in [0.1, 0.15) is 10.3 Å². The predicted molar refractivity (Wildman–Crippen MR) is 143 cm³/mol. The summed E-state index contributed by atoms with van der Waals surface area (Å²) in [7, 11) is 0. The maximum Gasteiger partial charge on any atom is 0.408 e. The molecule has 2 aromatic rings. The molecule has 0 bridgehead atoms. The van der Waals surface area contributed by atoms with Gasteiger partial charge in [0.05, 0.1) is 30.2 Å². The number of halogens is 2. The quantitative estimate of drug-likeness (QED) is 0.407. The molecule has 0 saturated heterocycles. The standard InChI is InChI=1S/C27H41F2N5O3S/c1-25(2,3)37-24(35)32-23(18-10-12-27(28,29)13-11-18)20-16-34-21(31-20)14-19(15-30-34)22(17-8-7-9-17)33-38(36)26(4,5)6/h14-18,22-23,33H,7-13H2,1-6H3,(H,32,35)/t22-,23+,38?/m1/s1. The number of aromatic nitrogens is 3. The topological polar surface area (TPSA) is 104 Å². The van der Waals surface area contributed by atoms with Gasteiger partial charge in [0.2, 0.25) is 5.92 Å². The number of alkyl halides is 2. The Bertz CT molecular complexity index is 1120. The Labute approximate surface area is 227 Å². The van der Waals surface area contributed by atoms with Gasteiger partial charge in [-0.3, -0.25) is 0 Å². The number of amides is 1. The highest BCUT2D eigenvalue weighted by atomic mass is 32.2. The zero-order valence-corrected chi connectivity index (χ0v) is 24.0. The Kier molecular flexibility index (Phi) is 8.31. The van der Waals surface area contributed by atoms with Crippen LogP contribution < -0.4 is 10.0 Å². The Balaban J connectivity index is 1.62. The van der Waals surface area contributed by atoms with Crippen LogP contribution in [-0.4, -0.2) is 41.5 Å². The van der Waals surface area contributed by atoms with Crippen LogP contribution in [0.2, 0.25) is 0 Å². The van der Waals surface area contributed by atoms with Gasteiger partial charge in [-0.25, -0.2) is 23.1 Å². The van der Waals surface area contributed by atoms with Crippen LogP contribution in [-0.2, 0) is 16.1 Å². The summed E-state index contributed by atoms with van der Waals surface area (Å²) in [6.07, 6.45) is 6.25. The minimum atomic E-state index is -2.68. The average molecular weight is 554 g/mol. The van der Waals surface area contributed by atoms with Crippen molar-refractivity contribution in [1.82, 2.24) is 24.6 Å². The van der Waals surface area contributed by atoms with Crippen molar-refractivity contribution in [2.75, 3.05) is 0 Å². The fourth-order valence-electron chi connectivity index (χ4n) is 5.00. The number of nitrogens with one attached hydrogen (secondary N) is 2. The lowest BCUT2D eigenvalue weighted by molar-refractivity contribution is -0.0500. The molecule has 2 aliphatic carbocycles. The van der Waals surface area contributed by atoms with Crippen molar-refractivity contribution in [2.24, 2.45) is 11.8 Å². The highest BCUT2D eigenvalue weighted by Gasteiger charge is 2.40. The third-order valence-corrected chi connectivity index (χ3v) is 8.93. The highest BCUT2D eigenvalue weighted by molar-refractivity contribution is 7.90. The van der Waals surface area contributed by atoms with E-state index < -0.39 is 39.8 Å². The number of nitrogens with zero attached hydrogens (tertiary/aromatic N) is 3. The molecule has 212 valence electrons. The van der Waals surface area contributed by atoms with Crippen molar-refractivity contribution < 1.29 is 22.9 Å². The lowest BCUT2D eigenvalue weighted by Crippen LogP contribution is -2.44. The third kappa shape index (κ3) is 7.15. The maximum absolute atomic E-state index is 13.9. The summed E-state index contributed by atoms with van der Waals surface area (Å²) in [5, 5.41) is 7.48. The van der Waals surface area contributed by atoms with Gasteiger partial charge in [0.25, 0.3) is 0 Å². The molecule has 0 spiro atoms. The van der Waals surface area contributed by atoms with Crippen molar-refractivity contribution in [2.45, 2.75) is 115 Å². The largest absolute Gasteiger partial charge is 0.598 e. The number of carbonyl (C=O) groups excluding carboxylic acids is 1. The molecular formula is C27H41F2N5O3S. The molecule has 2 heterocycles. The molecule has 2 N–H and O–H groups in total. The maximum atomic E-state index is 13.9. The smallest absolute Gasteiger partial charge is 0.408 e. The molecule has 0 radical (unpaired) electrons. The molecule has 11 heteroatoms. The monoisotopic (exact) mass is 553 g/mol. The minimum Gasteiger partial charge on any atom is -0.598 e. The first-order valence-electron chi connectivity index (χ1n) is 13.5. The highest BCUT2D eigenvalue weighted by Crippen LogP contribution is 2.42. The summed E-state index contributed by atoms with van der Waals surface area (Å²) < 4.78 is 50.8. The first kappa shape index (κ1) is 29.0. The summed E-state index contributed by atoms with van der Waals surface area (Å²) in [6.45, 7) is 11.1. The van der Waals surface area contributed by atoms with Crippen molar-refractivity contribution in [3.8, 4) is 0 Å². The van der Waals surface area contributed by atoms with Gasteiger partial charge in [-0.1, -0.05) is 6.42 Å². The number of alkyl carbamates (subject to hydrolysis) is 1. The third-order valence-electron chi connectivity index (χ3n) is 7.35. The van der Waals surface area contributed by atoms with Crippen molar-refractivity contribution in [3.63, 3.8) is 0 Å². The normalized spacial score (nSPS) is 21.5. The van der Waals surface area contributed by atoms with E-state index in [1.54, 1.807) is 37.7 Å². The lowest BCUT2D eigenvalue weighted by atomic mass is 9.78. The zero-order chi connectivity index (χ0) is 27.9. The van der Waals surface area contributed by atoms with Crippen LogP contribution in [0.15, 0.2) is 18.5 Å². The second kappa shape index (κ2) is 10.9. The second-order valence-corrected chi connectivity index (χ2v) is 14.7. The summed E-state index contributed by atoms with van der Waals surface area (Å²) >= 11 is -1.24. The van der Waals surface area contributed by atoms with Crippen LogP contribution >= 0.6 is 0 Å². The first-order valence-corrected chi connectivity index (χ1v) is 14.7. The number of rotatable bonds is 7. The summed E-state index contributed by atoms with van der Waals surface area (Å²) in [4.78, 5) is 17.5. The molecule has 2 aromatic heterocycles. The van der Waals surface area contributed by atoms with Crippen LogP contribution in [0.3, 0.4) is 0 Å². The van der Waals surface area contributed by atoms with Gasteiger partial charge in [0.15, 0.2) is 5.65 Å². The van der Waals surface area contributed by atoms with Crippen molar-refractivity contribution in [1.29, 1.82) is 0 Å². The van der Waals surface area contributed by atoms with Gasteiger partial charge >= 0.3 is 6.09 Å². The zero-order valence-electron chi connectivity index (χ0n) is 23.2. The van der Waals surface area contributed by atoms with Gasteiger partial charge in [-0.2, -0.15) is 5.10 Å². The average Bonchev–Trinajstić information content (AvgIpc) is 3.17. The van der Waals surface area contributed by atoms with Crippen LogP contribution in [0.4, 0.5) is 13.6 Å². The Morgan fingerprint density at radius 3 is 2.32 bits per heavy atom. The fourth-order valence-corrected chi connectivity index (χ4v) is 5.91. The van der Waals surface area contributed by atoms with Crippen LogP contribution in [0.25, 0.3) is 5.65 Å². The fraction of sp³-hybridized carbons (Fsp3) is 0.741. The first-order chi connectivity index (χ1) is 17.6.